The number of nitrogens with zero attached hydrogens (tertiary/aromatic N) is 5. The van der Waals surface area contributed by atoms with Crippen molar-refractivity contribution in [2.24, 2.45) is 0 Å². The summed E-state index contributed by atoms with van der Waals surface area (Å²) in [4.78, 5) is 28.0. The molecule has 0 radical (unpaired) electrons. The van der Waals surface area contributed by atoms with Crippen molar-refractivity contribution in [2.45, 2.75) is 13.1 Å². The van der Waals surface area contributed by atoms with Gasteiger partial charge in [0.1, 0.15) is 18.1 Å². The van der Waals surface area contributed by atoms with Crippen LogP contribution in [0.3, 0.4) is 0 Å². The van der Waals surface area contributed by atoms with Crippen LogP contribution in [0.15, 0.2) is 67.0 Å². The van der Waals surface area contributed by atoms with Crippen molar-refractivity contribution in [2.75, 3.05) is 50.8 Å². The maximum Gasteiger partial charge on any atom is 0.260 e. The number of hydrogen-bond donors (Lipinski definition) is 0. The third-order valence-corrected chi connectivity index (χ3v) is 6.18. The normalized spacial score (nSPS) is 16.4. The number of fused-ring (bicyclic) bond motifs is 1. The predicted octanol–water partition coefficient (Wildman–Crippen LogP) is 2.60. The number of piperazine rings is 1. The van der Waals surface area contributed by atoms with Crippen LogP contribution in [0.2, 0.25) is 0 Å². The highest BCUT2D eigenvalue weighted by molar-refractivity contribution is 5.78. The highest BCUT2D eigenvalue weighted by Gasteiger charge is 2.22. The van der Waals surface area contributed by atoms with Gasteiger partial charge in [0.05, 0.1) is 6.54 Å². The van der Waals surface area contributed by atoms with Gasteiger partial charge in [-0.05, 0) is 35.9 Å². The summed E-state index contributed by atoms with van der Waals surface area (Å²) >= 11 is 0. The molecule has 3 heterocycles. The van der Waals surface area contributed by atoms with Crippen LogP contribution in [0, 0.1) is 0 Å². The molecule has 0 saturated carbocycles. The predicted molar refractivity (Wildman–Crippen MR) is 129 cm³/mol. The molecule has 5 rings (SSSR count). The van der Waals surface area contributed by atoms with Gasteiger partial charge >= 0.3 is 0 Å². The molecule has 2 aliphatic rings. The van der Waals surface area contributed by atoms with E-state index in [2.05, 4.69) is 31.9 Å². The first kappa shape index (κ1) is 22.2. The van der Waals surface area contributed by atoms with Crippen LogP contribution in [0.5, 0.6) is 11.5 Å². The maximum atomic E-state index is 12.8. The van der Waals surface area contributed by atoms with Crippen molar-refractivity contribution in [1.29, 1.82) is 0 Å². The van der Waals surface area contributed by atoms with Crippen molar-refractivity contribution in [3.63, 3.8) is 0 Å². The average molecular weight is 460 g/mol. The number of ether oxygens (including phenoxy) is 2. The Balaban J connectivity index is 1.18. The number of para-hydroxylation sites is 1. The molecule has 34 heavy (non-hydrogen) atoms. The second-order valence-electron chi connectivity index (χ2n) is 8.52. The van der Waals surface area contributed by atoms with Crippen molar-refractivity contribution in [3.8, 4) is 11.5 Å². The number of anilines is 1. The van der Waals surface area contributed by atoms with E-state index in [9.17, 15) is 4.79 Å². The van der Waals surface area contributed by atoms with Gasteiger partial charge in [-0.25, -0.2) is 9.97 Å². The van der Waals surface area contributed by atoms with Crippen molar-refractivity contribution < 1.29 is 14.3 Å². The van der Waals surface area contributed by atoms with E-state index < -0.39 is 0 Å². The summed E-state index contributed by atoms with van der Waals surface area (Å²) in [6.45, 7) is 6.15. The zero-order valence-corrected chi connectivity index (χ0v) is 19.2. The lowest BCUT2D eigenvalue weighted by molar-refractivity contribution is -0.134. The molecule has 8 nitrogen and oxygen atoms in total. The van der Waals surface area contributed by atoms with Gasteiger partial charge < -0.3 is 19.3 Å². The third-order valence-electron chi connectivity index (χ3n) is 6.18. The van der Waals surface area contributed by atoms with Gasteiger partial charge in [-0.3, -0.25) is 9.69 Å². The first-order valence-electron chi connectivity index (χ1n) is 11.7. The smallest absolute Gasteiger partial charge is 0.260 e. The SMILES string of the molecule is O=C(COc1ccccc1)N1CCOc2ccc(CN3CCN(c4ncccn4)CC3)cc2C1. The minimum atomic E-state index is -0.0371. The number of hydrogen-bond acceptors (Lipinski definition) is 7. The first-order valence-corrected chi connectivity index (χ1v) is 11.7. The van der Waals surface area contributed by atoms with Gasteiger partial charge in [-0.15, -0.1) is 0 Å². The Morgan fingerprint density at radius 1 is 0.941 bits per heavy atom. The van der Waals surface area contributed by atoms with E-state index in [1.165, 1.54) is 5.56 Å². The van der Waals surface area contributed by atoms with Gasteiger partial charge in [0.2, 0.25) is 5.95 Å². The molecule has 1 saturated heterocycles. The van der Waals surface area contributed by atoms with Gasteiger partial charge in [0, 0.05) is 57.2 Å². The monoisotopic (exact) mass is 459 g/mol. The zero-order valence-electron chi connectivity index (χ0n) is 19.2. The molecule has 0 atom stereocenters. The lowest BCUT2D eigenvalue weighted by Gasteiger charge is -2.34. The standard InChI is InChI=1S/C26H29N5O3/c32-25(20-34-23-5-2-1-3-6-23)31-15-16-33-24-8-7-21(17-22(24)19-31)18-29-11-13-30(14-12-29)26-27-9-4-10-28-26/h1-10,17H,11-16,18-20H2. The van der Waals surface area contributed by atoms with E-state index in [-0.39, 0.29) is 12.5 Å². The molecule has 0 unspecified atom stereocenters. The second kappa shape index (κ2) is 10.5. The Kier molecular flexibility index (Phi) is 6.86. The maximum absolute atomic E-state index is 12.8. The summed E-state index contributed by atoms with van der Waals surface area (Å²) in [6.07, 6.45) is 3.57. The fraction of sp³-hybridized carbons (Fsp3) is 0.346. The number of amides is 1. The summed E-state index contributed by atoms with van der Waals surface area (Å²) in [6, 6.07) is 17.6. The number of carbonyl (C=O) groups is 1. The van der Waals surface area contributed by atoms with E-state index in [4.69, 9.17) is 9.47 Å². The largest absolute Gasteiger partial charge is 0.491 e. The fourth-order valence-electron chi connectivity index (χ4n) is 4.33. The van der Waals surface area contributed by atoms with Crippen LogP contribution >= 0.6 is 0 Å². The van der Waals surface area contributed by atoms with Gasteiger partial charge in [-0.2, -0.15) is 0 Å². The van der Waals surface area contributed by atoms with E-state index in [0.29, 0.717) is 25.4 Å². The topological polar surface area (TPSA) is 71.0 Å². The summed E-state index contributed by atoms with van der Waals surface area (Å²) in [5.41, 5.74) is 2.26. The van der Waals surface area contributed by atoms with Crippen molar-refractivity contribution in [1.82, 2.24) is 19.8 Å². The Hall–Kier alpha value is -3.65. The van der Waals surface area contributed by atoms with E-state index in [1.807, 2.05) is 47.4 Å². The Bertz CT molecular complexity index is 1090. The van der Waals surface area contributed by atoms with Crippen LogP contribution in [0.1, 0.15) is 11.1 Å². The highest BCUT2D eigenvalue weighted by Crippen LogP contribution is 2.25. The molecule has 0 N–H and O–H groups in total. The molecule has 1 fully saturated rings. The van der Waals surface area contributed by atoms with Gasteiger partial charge in [0.25, 0.3) is 5.91 Å². The number of carbonyl (C=O) groups excluding carboxylic acids is 1. The minimum absolute atomic E-state index is 0.0223. The molecule has 2 aromatic carbocycles. The van der Waals surface area contributed by atoms with Crippen LogP contribution < -0.4 is 14.4 Å². The molecular weight excluding hydrogens is 430 g/mol. The number of aromatic nitrogens is 2. The molecule has 8 heteroatoms. The second-order valence-corrected chi connectivity index (χ2v) is 8.52. The number of benzene rings is 2. The zero-order chi connectivity index (χ0) is 23.2. The molecule has 0 aliphatic carbocycles. The lowest BCUT2D eigenvalue weighted by atomic mass is 10.1. The Morgan fingerprint density at radius 3 is 2.53 bits per heavy atom. The molecule has 0 bridgehead atoms. The summed E-state index contributed by atoms with van der Waals surface area (Å²) in [5, 5.41) is 0. The molecule has 2 aliphatic heterocycles. The summed E-state index contributed by atoms with van der Waals surface area (Å²) in [5.74, 6) is 2.31. The van der Waals surface area contributed by atoms with E-state index >= 15 is 0 Å². The Morgan fingerprint density at radius 2 is 1.74 bits per heavy atom. The lowest BCUT2D eigenvalue weighted by Crippen LogP contribution is -2.46. The summed E-state index contributed by atoms with van der Waals surface area (Å²) < 4.78 is 11.6. The van der Waals surface area contributed by atoms with E-state index in [1.54, 1.807) is 12.4 Å². The third kappa shape index (κ3) is 5.46. The average Bonchev–Trinajstić information content (AvgIpc) is 3.11. The summed E-state index contributed by atoms with van der Waals surface area (Å²) in [7, 11) is 0. The fourth-order valence-corrected chi connectivity index (χ4v) is 4.33. The minimum Gasteiger partial charge on any atom is -0.491 e. The van der Waals surface area contributed by atoms with Gasteiger partial charge in [-0.1, -0.05) is 24.3 Å². The van der Waals surface area contributed by atoms with Crippen LogP contribution in [-0.4, -0.2) is 71.6 Å². The van der Waals surface area contributed by atoms with Gasteiger partial charge in [0.15, 0.2) is 6.61 Å². The van der Waals surface area contributed by atoms with E-state index in [0.717, 1.165) is 50.0 Å². The van der Waals surface area contributed by atoms with Crippen molar-refractivity contribution in [3.05, 3.63) is 78.1 Å². The van der Waals surface area contributed by atoms with Crippen molar-refractivity contribution >= 4 is 11.9 Å². The molecule has 1 amide bonds. The Labute approximate surface area is 199 Å². The molecule has 0 spiro atoms. The molecule has 176 valence electrons. The highest BCUT2D eigenvalue weighted by atomic mass is 16.5. The molecule has 3 aromatic rings. The molecule has 1 aromatic heterocycles. The quantitative estimate of drug-likeness (QED) is 0.561. The van der Waals surface area contributed by atoms with Crippen LogP contribution in [0.25, 0.3) is 0 Å². The molecular formula is C26H29N5O3. The van der Waals surface area contributed by atoms with Crippen LogP contribution in [-0.2, 0) is 17.9 Å². The first-order chi connectivity index (χ1) is 16.7. The number of rotatable bonds is 6. The van der Waals surface area contributed by atoms with Crippen LogP contribution in [0.4, 0.5) is 5.95 Å².